The minimum absolute atomic E-state index is 0.284. The first-order valence-electron chi connectivity index (χ1n) is 9.28. The zero-order chi connectivity index (χ0) is 16.6. The molecule has 0 amide bonds. The van der Waals surface area contributed by atoms with E-state index in [1.54, 1.807) is 0 Å². The number of hydrogen-bond donors (Lipinski definition) is 1. The van der Waals surface area contributed by atoms with Crippen molar-refractivity contribution in [1.29, 1.82) is 0 Å². The Bertz CT molecular complexity index is 853. The molecule has 0 bridgehead atoms. The van der Waals surface area contributed by atoms with Crippen LogP contribution in [0.3, 0.4) is 0 Å². The summed E-state index contributed by atoms with van der Waals surface area (Å²) in [7, 11) is 0. The van der Waals surface area contributed by atoms with Crippen molar-refractivity contribution in [2.75, 3.05) is 13.1 Å². The number of H-pyrrole nitrogens is 1. The SMILES string of the molecule is c1cc(OC2CCN(Cc3nc4c(o3)CCC4)CC2)c2cc[nH]c2c1. The molecular weight excluding hydrogens is 314 g/mol. The van der Waals surface area contributed by atoms with Gasteiger partial charge in [0, 0.05) is 36.6 Å². The molecule has 2 aromatic heterocycles. The van der Waals surface area contributed by atoms with Crippen LogP contribution in [-0.2, 0) is 19.4 Å². The van der Waals surface area contributed by atoms with E-state index in [-0.39, 0.29) is 6.10 Å². The van der Waals surface area contributed by atoms with Gasteiger partial charge in [0.15, 0.2) is 0 Å². The van der Waals surface area contributed by atoms with E-state index in [9.17, 15) is 0 Å². The largest absolute Gasteiger partial charge is 0.490 e. The summed E-state index contributed by atoms with van der Waals surface area (Å²) in [5.41, 5.74) is 2.32. The van der Waals surface area contributed by atoms with E-state index in [1.807, 2.05) is 12.3 Å². The molecule has 1 fully saturated rings. The van der Waals surface area contributed by atoms with E-state index in [2.05, 4.69) is 33.1 Å². The fraction of sp³-hybridized carbons (Fsp3) is 0.450. The number of oxazole rings is 1. The quantitative estimate of drug-likeness (QED) is 0.789. The molecule has 5 rings (SSSR count). The Balaban J connectivity index is 1.19. The lowest BCUT2D eigenvalue weighted by Gasteiger charge is -2.31. The minimum atomic E-state index is 0.284. The Hall–Kier alpha value is -2.27. The highest BCUT2D eigenvalue weighted by atomic mass is 16.5. The van der Waals surface area contributed by atoms with E-state index >= 15 is 0 Å². The van der Waals surface area contributed by atoms with Crippen LogP contribution in [0.25, 0.3) is 10.9 Å². The summed E-state index contributed by atoms with van der Waals surface area (Å²) in [6.45, 7) is 2.88. The van der Waals surface area contributed by atoms with Crippen molar-refractivity contribution >= 4 is 10.9 Å². The average molecular weight is 337 g/mol. The van der Waals surface area contributed by atoms with Crippen LogP contribution < -0.4 is 4.74 Å². The van der Waals surface area contributed by atoms with Gasteiger partial charge in [0.25, 0.3) is 0 Å². The van der Waals surface area contributed by atoms with Gasteiger partial charge in [-0.3, -0.25) is 4.90 Å². The van der Waals surface area contributed by atoms with Gasteiger partial charge < -0.3 is 14.1 Å². The van der Waals surface area contributed by atoms with Crippen LogP contribution in [0.5, 0.6) is 5.75 Å². The van der Waals surface area contributed by atoms with E-state index in [4.69, 9.17) is 9.15 Å². The highest BCUT2D eigenvalue weighted by molar-refractivity contribution is 5.85. The predicted molar refractivity (Wildman–Crippen MR) is 95.8 cm³/mol. The third-order valence-electron chi connectivity index (χ3n) is 5.38. The summed E-state index contributed by atoms with van der Waals surface area (Å²) >= 11 is 0. The number of nitrogens with zero attached hydrogens (tertiary/aromatic N) is 2. The van der Waals surface area contributed by atoms with E-state index in [0.29, 0.717) is 0 Å². The lowest BCUT2D eigenvalue weighted by Crippen LogP contribution is -2.37. The second-order valence-electron chi connectivity index (χ2n) is 7.12. The maximum atomic E-state index is 6.29. The lowest BCUT2D eigenvalue weighted by atomic mass is 10.1. The molecule has 1 aromatic carbocycles. The van der Waals surface area contributed by atoms with Crippen molar-refractivity contribution in [3.8, 4) is 5.75 Å². The van der Waals surface area contributed by atoms with Gasteiger partial charge in [0.05, 0.1) is 12.2 Å². The van der Waals surface area contributed by atoms with Gasteiger partial charge in [-0.25, -0.2) is 4.98 Å². The average Bonchev–Trinajstić information content (AvgIpc) is 3.32. The summed E-state index contributed by atoms with van der Waals surface area (Å²) in [5.74, 6) is 3.00. The van der Waals surface area contributed by atoms with Crippen LogP contribution in [-0.4, -0.2) is 34.1 Å². The summed E-state index contributed by atoms with van der Waals surface area (Å²) < 4.78 is 12.2. The molecule has 0 saturated carbocycles. The molecular formula is C20H23N3O2. The Morgan fingerprint density at radius 2 is 2.12 bits per heavy atom. The summed E-state index contributed by atoms with van der Waals surface area (Å²) in [4.78, 5) is 10.3. The first-order chi connectivity index (χ1) is 12.3. The molecule has 1 N–H and O–H groups in total. The highest BCUT2D eigenvalue weighted by Gasteiger charge is 2.24. The number of aryl methyl sites for hydroxylation is 2. The monoisotopic (exact) mass is 337 g/mol. The molecule has 5 heteroatoms. The third-order valence-corrected chi connectivity index (χ3v) is 5.38. The van der Waals surface area contributed by atoms with Crippen LogP contribution >= 0.6 is 0 Å². The third kappa shape index (κ3) is 2.93. The predicted octanol–water partition coefficient (Wildman–Crippen LogP) is 3.69. The zero-order valence-electron chi connectivity index (χ0n) is 14.3. The lowest BCUT2D eigenvalue weighted by molar-refractivity contribution is 0.0926. The number of aromatic amines is 1. The number of rotatable bonds is 4. The van der Waals surface area contributed by atoms with Gasteiger partial charge in [0.1, 0.15) is 17.6 Å². The Labute approximate surface area is 147 Å². The molecule has 1 aliphatic carbocycles. The van der Waals surface area contributed by atoms with Crippen molar-refractivity contribution < 1.29 is 9.15 Å². The van der Waals surface area contributed by atoms with Crippen molar-refractivity contribution in [2.24, 2.45) is 0 Å². The normalized spacial score (nSPS) is 18.7. The fourth-order valence-electron chi connectivity index (χ4n) is 4.03. The van der Waals surface area contributed by atoms with Crippen LogP contribution in [0.4, 0.5) is 0 Å². The molecule has 130 valence electrons. The molecule has 3 aromatic rings. The number of ether oxygens (including phenoxy) is 1. The number of benzene rings is 1. The smallest absolute Gasteiger partial charge is 0.208 e. The van der Waals surface area contributed by atoms with Gasteiger partial charge in [-0.05, 0) is 43.9 Å². The van der Waals surface area contributed by atoms with Gasteiger partial charge in [-0.2, -0.15) is 0 Å². The topological polar surface area (TPSA) is 54.3 Å². The zero-order valence-corrected chi connectivity index (χ0v) is 14.3. The Morgan fingerprint density at radius 1 is 1.20 bits per heavy atom. The summed E-state index contributed by atoms with van der Waals surface area (Å²) in [6, 6.07) is 8.28. The molecule has 0 atom stereocenters. The molecule has 0 unspecified atom stereocenters. The summed E-state index contributed by atoms with van der Waals surface area (Å²) in [5, 5.41) is 1.17. The number of hydrogen-bond acceptors (Lipinski definition) is 4. The fourth-order valence-corrected chi connectivity index (χ4v) is 4.03. The van der Waals surface area contributed by atoms with Crippen molar-refractivity contribution in [2.45, 2.75) is 44.8 Å². The van der Waals surface area contributed by atoms with Gasteiger partial charge in [-0.15, -0.1) is 0 Å². The maximum absolute atomic E-state index is 6.29. The van der Waals surface area contributed by atoms with Crippen LogP contribution in [0.1, 0.15) is 36.6 Å². The van der Waals surface area contributed by atoms with Crippen LogP contribution in [0.2, 0.25) is 0 Å². The molecule has 2 aliphatic rings. The van der Waals surface area contributed by atoms with E-state index in [0.717, 1.165) is 68.2 Å². The van der Waals surface area contributed by atoms with Crippen molar-refractivity contribution in [3.05, 3.63) is 47.8 Å². The molecule has 0 radical (unpaired) electrons. The standard InChI is InChI=1S/C20H23N3O2/c1-3-16-15(7-10-21-16)18(5-1)24-14-8-11-23(12-9-14)13-20-22-17-4-2-6-19(17)25-20/h1,3,5,7,10,14,21H,2,4,6,8-9,11-13H2. The van der Waals surface area contributed by atoms with E-state index in [1.165, 1.54) is 17.5 Å². The first kappa shape index (κ1) is 15.0. The second-order valence-corrected chi connectivity index (χ2v) is 7.12. The summed E-state index contributed by atoms with van der Waals surface area (Å²) in [6.07, 6.45) is 7.67. The Morgan fingerprint density at radius 3 is 3.00 bits per heavy atom. The first-order valence-corrected chi connectivity index (χ1v) is 9.28. The van der Waals surface area contributed by atoms with Gasteiger partial charge in [0.2, 0.25) is 5.89 Å². The molecule has 0 spiro atoms. The van der Waals surface area contributed by atoms with Gasteiger partial charge in [-0.1, -0.05) is 6.07 Å². The van der Waals surface area contributed by atoms with Crippen LogP contribution in [0, 0.1) is 0 Å². The highest BCUT2D eigenvalue weighted by Crippen LogP contribution is 2.28. The van der Waals surface area contributed by atoms with Crippen molar-refractivity contribution in [1.82, 2.24) is 14.9 Å². The molecule has 1 saturated heterocycles. The number of aromatic nitrogens is 2. The number of nitrogens with one attached hydrogen (secondary N) is 1. The van der Waals surface area contributed by atoms with E-state index < -0.39 is 0 Å². The molecule has 5 nitrogen and oxygen atoms in total. The molecule has 1 aliphatic heterocycles. The second kappa shape index (κ2) is 6.23. The number of fused-ring (bicyclic) bond motifs is 2. The van der Waals surface area contributed by atoms with Gasteiger partial charge >= 0.3 is 0 Å². The molecule has 3 heterocycles. The van der Waals surface area contributed by atoms with Crippen LogP contribution in [0.15, 0.2) is 34.9 Å². The Kier molecular flexibility index (Phi) is 3.74. The van der Waals surface area contributed by atoms with Crippen molar-refractivity contribution in [3.63, 3.8) is 0 Å². The number of likely N-dealkylation sites (tertiary alicyclic amines) is 1. The maximum Gasteiger partial charge on any atom is 0.208 e. The minimum Gasteiger partial charge on any atom is -0.490 e. The molecule has 25 heavy (non-hydrogen) atoms. The number of piperidine rings is 1.